The molecular weight excluding hydrogens is 614 g/mol. The Morgan fingerprint density at radius 3 is 2.38 bits per heavy atom. The van der Waals surface area contributed by atoms with E-state index < -0.39 is 17.7 Å². The lowest BCUT2D eigenvalue weighted by Crippen LogP contribution is -2.29. The molecule has 0 radical (unpaired) electrons. The third-order valence-corrected chi connectivity index (χ3v) is 9.44. The van der Waals surface area contributed by atoms with Crippen LogP contribution in [0.3, 0.4) is 0 Å². The number of anilines is 1. The van der Waals surface area contributed by atoms with E-state index in [0.29, 0.717) is 33.6 Å². The summed E-state index contributed by atoms with van der Waals surface area (Å²) in [6.07, 6.45) is 0. The Morgan fingerprint density at radius 2 is 1.67 bits per heavy atom. The number of ketones is 1. The second kappa shape index (κ2) is 12.9. The molecule has 1 aliphatic heterocycles. The zero-order valence-corrected chi connectivity index (χ0v) is 25.5. The fraction of sp³-hybridized carbons (Fsp3) is 0.118. The summed E-state index contributed by atoms with van der Waals surface area (Å²) >= 11 is 2.49. The van der Waals surface area contributed by atoms with Gasteiger partial charge in [-0.05, 0) is 77.7 Å². The number of Topliss-reactive ketones (excluding diaryl/α,β-unsaturated/α-hetero) is 1. The highest BCUT2D eigenvalue weighted by Crippen LogP contribution is 2.44. The number of amides is 1. The van der Waals surface area contributed by atoms with Crippen LogP contribution in [0.25, 0.3) is 5.76 Å². The van der Waals surface area contributed by atoms with Gasteiger partial charge in [0.1, 0.15) is 29.7 Å². The molecule has 1 atom stereocenters. The molecule has 5 aromatic rings. The van der Waals surface area contributed by atoms with E-state index in [9.17, 15) is 24.2 Å². The van der Waals surface area contributed by atoms with E-state index in [0.717, 1.165) is 28.0 Å². The summed E-state index contributed by atoms with van der Waals surface area (Å²) in [5.74, 6) is -1.33. The van der Waals surface area contributed by atoms with Gasteiger partial charge in [0.05, 0.1) is 11.6 Å². The maximum absolute atomic E-state index is 13.5. The van der Waals surface area contributed by atoms with Gasteiger partial charge in [-0.25, -0.2) is 4.39 Å². The second-order valence-electron chi connectivity index (χ2n) is 10.3. The Bertz CT molecular complexity index is 1890. The molecule has 1 aromatic heterocycles. The molecule has 1 fully saturated rings. The molecule has 8 nitrogen and oxygen atoms in total. The predicted octanol–water partition coefficient (Wildman–Crippen LogP) is 7.19. The Morgan fingerprint density at radius 1 is 0.956 bits per heavy atom. The summed E-state index contributed by atoms with van der Waals surface area (Å²) < 4.78 is 19.7. The molecular formula is C34H26FN3O5S2. The van der Waals surface area contributed by atoms with Crippen molar-refractivity contribution in [3.63, 3.8) is 0 Å². The smallest absolute Gasteiger partial charge is 0.301 e. The van der Waals surface area contributed by atoms with E-state index in [2.05, 4.69) is 10.2 Å². The first-order valence-electron chi connectivity index (χ1n) is 13.9. The average Bonchev–Trinajstić information content (AvgIpc) is 3.62. The molecule has 4 aromatic carbocycles. The number of aliphatic hydroxyl groups is 1. The third kappa shape index (κ3) is 6.45. The number of phenolic OH excluding ortho intramolecular Hbond substituents is 1. The molecule has 2 N–H and O–H groups in total. The average molecular weight is 640 g/mol. The van der Waals surface area contributed by atoms with E-state index in [1.165, 1.54) is 40.9 Å². The van der Waals surface area contributed by atoms with Crippen molar-refractivity contribution in [3.05, 3.63) is 136 Å². The van der Waals surface area contributed by atoms with Crippen LogP contribution in [0.15, 0.2) is 107 Å². The maximum Gasteiger partial charge on any atom is 0.301 e. The molecule has 0 spiro atoms. The lowest BCUT2D eigenvalue weighted by atomic mass is 9.95. The standard InChI is InChI=1S/C34H26FN3O5S2/c1-20-4-2-3-5-24(20)18-43-27-16-10-23(11-17-27)30(40)28-29(22-8-14-26(39)15-9-22)38(32(42)31(28)41)33-36-37-34(45-33)44-19-21-6-12-25(35)13-7-21/h2-17,29,39-40H,18-19H2,1H3/b30-28+. The number of phenols is 1. The van der Waals surface area contributed by atoms with Crippen molar-refractivity contribution in [2.24, 2.45) is 0 Å². The van der Waals surface area contributed by atoms with Gasteiger partial charge in [0.25, 0.3) is 5.78 Å². The summed E-state index contributed by atoms with van der Waals surface area (Å²) in [4.78, 5) is 28.2. The minimum atomic E-state index is -1.02. The monoisotopic (exact) mass is 639 g/mol. The largest absolute Gasteiger partial charge is 0.508 e. The lowest BCUT2D eigenvalue weighted by molar-refractivity contribution is -0.132. The Kier molecular flexibility index (Phi) is 8.63. The van der Waals surface area contributed by atoms with Gasteiger partial charge in [0, 0.05) is 11.3 Å². The molecule has 0 saturated carbocycles. The van der Waals surface area contributed by atoms with E-state index >= 15 is 0 Å². The van der Waals surface area contributed by atoms with Crippen molar-refractivity contribution < 1.29 is 28.9 Å². The highest BCUT2D eigenvalue weighted by atomic mass is 32.2. The number of carbonyl (C=O) groups is 2. The molecule has 226 valence electrons. The predicted molar refractivity (Wildman–Crippen MR) is 171 cm³/mol. The van der Waals surface area contributed by atoms with Crippen molar-refractivity contribution in [2.75, 3.05) is 4.90 Å². The number of thioether (sulfide) groups is 1. The van der Waals surface area contributed by atoms with Crippen LogP contribution in [0.4, 0.5) is 9.52 Å². The quantitative estimate of drug-likeness (QED) is 0.0573. The SMILES string of the molecule is Cc1ccccc1COc1ccc(/C(O)=C2\C(=O)C(=O)N(c3nnc(SCc4ccc(F)cc4)s3)C2c2ccc(O)cc2)cc1. The van der Waals surface area contributed by atoms with Crippen LogP contribution >= 0.6 is 23.1 Å². The number of rotatable bonds is 9. The van der Waals surface area contributed by atoms with Crippen LogP contribution in [0.2, 0.25) is 0 Å². The molecule has 0 aliphatic carbocycles. The summed E-state index contributed by atoms with van der Waals surface area (Å²) in [6.45, 7) is 2.38. The number of nitrogens with zero attached hydrogens (tertiary/aromatic N) is 3. The highest BCUT2D eigenvalue weighted by molar-refractivity contribution is 8.00. The summed E-state index contributed by atoms with van der Waals surface area (Å²) in [7, 11) is 0. The minimum absolute atomic E-state index is 0.00683. The van der Waals surface area contributed by atoms with Crippen LogP contribution < -0.4 is 9.64 Å². The minimum Gasteiger partial charge on any atom is -0.508 e. The van der Waals surface area contributed by atoms with Gasteiger partial charge in [0.15, 0.2) is 4.34 Å². The highest BCUT2D eigenvalue weighted by Gasteiger charge is 2.48. The number of aryl methyl sites for hydroxylation is 1. The van der Waals surface area contributed by atoms with Gasteiger partial charge in [-0.3, -0.25) is 14.5 Å². The van der Waals surface area contributed by atoms with E-state index in [4.69, 9.17) is 4.74 Å². The summed E-state index contributed by atoms with van der Waals surface area (Å²) in [5, 5.41) is 29.9. The first-order chi connectivity index (χ1) is 21.8. The molecule has 1 saturated heterocycles. The first kappa shape index (κ1) is 30.0. The number of aromatic hydroxyl groups is 1. The first-order valence-corrected chi connectivity index (χ1v) is 15.7. The molecule has 45 heavy (non-hydrogen) atoms. The van der Waals surface area contributed by atoms with Gasteiger partial charge in [-0.15, -0.1) is 10.2 Å². The lowest BCUT2D eigenvalue weighted by Gasteiger charge is -2.22. The van der Waals surface area contributed by atoms with Crippen LogP contribution in [0.5, 0.6) is 11.5 Å². The number of aromatic nitrogens is 2. The second-order valence-corrected chi connectivity index (χ2v) is 12.4. The Balaban J connectivity index is 1.29. The summed E-state index contributed by atoms with van der Waals surface area (Å²) in [6, 6.07) is 25.7. The van der Waals surface area contributed by atoms with Crippen LogP contribution in [-0.2, 0) is 21.9 Å². The van der Waals surface area contributed by atoms with Crippen molar-refractivity contribution in [3.8, 4) is 11.5 Å². The number of hydrogen-bond acceptors (Lipinski definition) is 9. The van der Waals surface area contributed by atoms with Crippen molar-refractivity contribution >= 4 is 45.7 Å². The fourth-order valence-corrected chi connectivity index (χ4v) is 6.71. The topological polar surface area (TPSA) is 113 Å². The molecule has 6 rings (SSSR count). The number of hydrogen-bond donors (Lipinski definition) is 2. The number of benzene rings is 4. The van der Waals surface area contributed by atoms with Crippen molar-refractivity contribution in [2.45, 2.75) is 29.7 Å². The van der Waals surface area contributed by atoms with Gasteiger partial charge >= 0.3 is 5.91 Å². The van der Waals surface area contributed by atoms with Gasteiger partial charge in [0.2, 0.25) is 5.13 Å². The normalized spacial score (nSPS) is 15.9. The Labute approximate surface area is 266 Å². The fourth-order valence-electron chi connectivity index (χ4n) is 4.88. The molecule has 1 amide bonds. The summed E-state index contributed by atoms with van der Waals surface area (Å²) in [5.41, 5.74) is 3.74. The van der Waals surface area contributed by atoms with Crippen molar-refractivity contribution in [1.29, 1.82) is 0 Å². The molecule has 1 aliphatic rings. The molecule has 2 heterocycles. The van der Waals surface area contributed by atoms with E-state index in [1.807, 2.05) is 31.2 Å². The van der Waals surface area contributed by atoms with Crippen LogP contribution in [-0.4, -0.2) is 32.1 Å². The zero-order valence-electron chi connectivity index (χ0n) is 23.9. The number of aliphatic hydroxyl groups excluding tert-OH is 1. The number of carbonyl (C=O) groups excluding carboxylic acids is 2. The third-order valence-electron chi connectivity index (χ3n) is 7.31. The maximum atomic E-state index is 13.5. The van der Waals surface area contributed by atoms with Crippen molar-refractivity contribution in [1.82, 2.24) is 10.2 Å². The number of ether oxygens (including phenoxy) is 1. The van der Waals surface area contributed by atoms with E-state index in [1.54, 1.807) is 48.5 Å². The van der Waals surface area contributed by atoms with Gasteiger partial charge in [-0.1, -0.05) is 71.6 Å². The van der Waals surface area contributed by atoms with Gasteiger partial charge in [-0.2, -0.15) is 0 Å². The van der Waals surface area contributed by atoms with Crippen LogP contribution in [0.1, 0.15) is 33.9 Å². The van der Waals surface area contributed by atoms with E-state index in [-0.39, 0.29) is 28.0 Å². The zero-order chi connectivity index (χ0) is 31.5. The number of halogens is 1. The Hall–Kier alpha value is -5.00. The molecule has 11 heteroatoms. The van der Waals surface area contributed by atoms with Gasteiger partial charge < -0.3 is 14.9 Å². The molecule has 0 bridgehead atoms. The molecule has 1 unspecified atom stereocenters. The van der Waals surface area contributed by atoms with Crippen LogP contribution in [0, 0.1) is 12.7 Å².